The zero-order valence-corrected chi connectivity index (χ0v) is 14.7. The van der Waals surface area contributed by atoms with Crippen molar-refractivity contribution in [3.63, 3.8) is 0 Å². The Kier molecular flexibility index (Phi) is 5.39. The molecule has 1 amide bonds. The lowest BCUT2D eigenvalue weighted by Gasteiger charge is -2.37. The number of rotatable bonds is 6. The third-order valence-electron chi connectivity index (χ3n) is 5.00. The second kappa shape index (κ2) is 7.70. The lowest BCUT2D eigenvalue weighted by Crippen LogP contribution is -2.46. The van der Waals surface area contributed by atoms with Crippen molar-refractivity contribution in [2.75, 3.05) is 7.11 Å². The number of ether oxygens (including phenoxy) is 1. The Morgan fingerprint density at radius 1 is 1.20 bits per heavy atom. The summed E-state index contributed by atoms with van der Waals surface area (Å²) in [4.78, 5) is 12.6. The van der Waals surface area contributed by atoms with E-state index in [0.29, 0.717) is 11.5 Å². The van der Waals surface area contributed by atoms with E-state index in [2.05, 4.69) is 12.2 Å². The molecule has 1 saturated carbocycles. The van der Waals surface area contributed by atoms with Gasteiger partial charge in [0.2, 0.25) is 0 Å². The number of hydrogen-bond acceptors (Lipinski definition) is 3. The fourth-order valence-electron chi connectivity index (χ4n) is 3.41. The van der Waals surface area contributed by atoms with E-state index in [4.69, 9.17) is 4.74 Å². The van der Waals surface area contributed by atoms with Gasteiger partial charge in [-0.05, 0) is 60.6 Å². The van der Waals surface area contributed by atoms with Crippen LogP contribution in [0.15, 0.2) is 48.5 Å². The number of carbonyl (C=O) groups is 1. The van der Waals surface area contributed by atoms with Gasteiger partial charge in [-0.1, -0.05) is 31.2 Å². The van der Waals surface area contributed by atoms with Gasteiger partial charge in [0, 0.05) is 11.6 Å². The summed E-state index contributed by atoms with van der Waals surface area (Å²) < 4.78 is 5.28. The van der Waals surface area contributed by atoms with Crippen LogP contribution in [-0.2, 0) is 0 Å². The molecule has 0 heterocycles. The highest BCUT2D eigenvalue weighted by molar-refractivity contribution is 5.95. The minimum absolute atomic E-state index is 0.0574. The summed E-state index contributed by atoms with van der Waals surface area (Å²) in [6.45, 7) is 2.07. The van der Waals surface area contributed by atoms with Crippen molar-refractivity contribution in [2.45, 2.75) is 38.3 Å². The van der Waals surface area contributed by atoms with Crippen LogP contribution in [0.4, 0.5) is 0 Å². The van der Waals surface area contributed by atoms with Crippen LogP contribution >= 0.6 is 0 Å². The predicted molar refractivity (Wildman–Crippen MR) is 98.7 cm³/mol. The molecule has 0 aliphatic heterocycles. The van der Waals surface area contributed by atoms with Crippen LogP contribution in [0, 0.1) is 5.92 Å². The zero-order valence-electron chi connectivity index (χ0n) is 14.7. The van der Waals surface area contributed by atoms with Crippen molar-refractivity contribution in [1.29, 1.82) is 0 Å². The second-order valence-corrected chi connectivity index (χ2v) is 6.69. The summed E-state index contributed by atoms with van der Waals surface area (Å²) in [7, 11) is 1.64. The van der Waals surface area contributed by atoms with Crippen LogP contribution in [0.1, 0.15) is 36.5 Å². The topological polar surface area (TPSA) is 58.6 Å². The van der Waals surface area contributed by atoms with Gasteiger partial charge in [0.05, 0.1) is 13.2 Å². The monoisotopic (exact) mass is 339 g/mol. The Bertz CT molecular complexity index is 737. The first-order valence-corrected chi connectivity index (χ1v) is 8.84. The highest BCUT2D eigenvalue weighted by Gasteiger charge is 2.33. The van der Waals surface area contributed by atoms with E-state index < -0.39 is 0 Å². The summed E-state index contributed by atoms with van der Waals surface area (Å²) >= 11 is 0. The molecule has 2 aromatic rings. The Morgan fingerprint density at radius 3 is 2.52 bits per heavy atom. The molecular formula is C21H25NO3. The molecule has 0 aromatic heterocycles. The number of methoxy groups -OCH3 is 1. The van der Waals surface area contributed by atoms with Gasteiger partial charge in [-0.2, -0.15) is 0 Å². The molecule has 0 saturated heterocycles. The largest absolute Gasteiger partial charge is 0.497 e. The fraction of sp³-hybridized carbons (Fsp3) is 0.381. The van der Waals surface area contributed by atoms with Gasteiger partial charge >= 0.3 is 0 Å². The number of aliphatic hydroxyl groups excluding tert-OH is 1. The van der Waals surface area contributed by atoms with E-state index in [1.54, 1.807) is 7.11 Å². The molecule has 2 aromatic carbocycles. The van der Waals surface area contributed by atoms with Gasteiger partial charge in [0.1, 0.15) is 5.75 Å². The van der Waals surface area contributed by atoms with Crippen molar-refractivity contribution in [1.82, 2.24) is 5.32 Å². The third-order valence-corrected chi connectivity index (χ3v) is 5.00. The molecule has 1 atom stereocenters. The van der Waals surface area contributed by atoms with Crippen LogP contribution in [0.5, 0.6) is 5.75 Å². The van der Waals surface area contributed by atoms with Crippen LogP contribution in [0.3, 0.4) is 0 Å². The van der Waals surface area contributed by atoms with Crippen LogP contribution in [0.25, 0.3) is 11.1 Å². The molecule has 3 rings (SSSR count). The maximum atomic E-state index is 12.6. The quantitative estimate of drug-likeness (QED) is 0.845. The standard InChI is InChI=1S/C21H25NO3/c1-3-20(17-11-18(23)12-17)22-21(24)16-8-4-6-14(10-16)15-7-5-9-19(13-15)25-2/h4-10,13,17-18,20,23H,3,11-12H2,1-2H3,(H,22,24)/t17?,18?,20-/m0/s1. The molecule has 1 aliphatic carbocycles. The second-order valence-electron chi connectivity index (χ2n) is 6.69. The Morgan fingerprint density at radius 2 is 1.88 bits per heavy atom. The number of benzene rings is 2. The molecule has 4 nitrogen and oxygen atoms in total. The van der Waals surface area contributed by atoms with Crippen molar-refractivity contribution in [2.24, 2.45) is 5.92 Å². The first-order valence-electron chi connectivity index (χ1n) is 8.84. The molecule has 0 bridgehead atoms. The number of aliphatic hydroxyl groups is 1. The first-order chi connectivity index (χ1) is 12.1. The van der Waals surface area contributed by atoms with Gasteiger partial charge in [-0.25, -0.2) is 0 Å². The highest BCUT2D eigenvalue weighted by atomic mass is 16.5. The Labute approximate surface area is 148 Å². The van der Waals surface area contributed by atoms with Crippen molar-refractivity contribution >= 4 is 5.91 Å². The number of carbonyl (C=O) groups excluding carboxylic acids is 1. The van der Waals surface area contributed by atoms with E-state index in [-0.39, 0.29) is 18.1 Å². The maximum absolute atomic E-state index is 12.6. The molecule has 25 heavy (non-hydrogen) atoms. The van der Waals surface area contributed by atoms with Crippen LogP contribution < -0.4 is 10.1 Å². The van der Waals surface area contributed by atoms with Gasteiger partial charge in [0.25, 0.3) is 5.91 Å². The average Bonchev–Trinajstić information content (AvgIpc) is 2.63. The van der Waals surface area contributed by atoms with E-state index >= 15 is 0 Å². The summed E-state index contributed by atoms with van der Waals surface area (Å²) in [5.41, 5.74) is 2.65. The predicted octanol–water partition coefficient (Wildman–Crippen LogP) is 3.64. The van der Waals surface area contributed by atoms with Crippen LogP contribution in [0.2, 0.25) is 0 Å². The fourth-order valence-corrected chi connectivity index (χ4v) is 3.41. The van der Waals surface area contributed by atoms with E-state index in [1.807, 2.05) is 48.5 Å². The maximum Gasteiger partial charge on any atom is 0.251 e. The van der Waals surface area contributed by atoms with Crippen molar-refractivity contribution < 1.29 is 14.6 Å². The molecule has 4 heteroatoms. The molecule has 1 fully saturated rings. The highest BCUT2D eigenvalue weighted by Crippen LogP contribution is 2.31. The van der Waals surface area contributed by atoms with Gasteiger partial charge in [-0.15, -0.1) is 0 Å². The minimum Gasteiger partial charge on any atom is -0.497 e. The Balaban J connectivity index is 1.75. The summed E-state index contributed by atoms with van der Waals surface area (Å²) in [5, 5.41) is 12.6. The minimum atomic E-state index is -0.202. The smallest absolute Gasteiger partial charge is 0.251 e. The lowest BCUT2D eigenvalue weighted by molar-refractivity contribution is 0.0232. The Hall–Kier alpha value is -2.33. The summed E-state index contributed by atoms with van der Waals surface area (Å²) in [6, 6.07) is 15.6. The van der Waals surface area contributed by atoms with E-state index in [0.717, 1.165) is 36.1 Å². The zero-order chi connectivity index (χ0) is 17.8. The third kappa shape index (κ3) is 4.02. The molecule has 2 N–H and O–H groups in total. The first kappa shape index (κ1) is 17.5. The van der Waals surface area contributed by atoms with Crippen molar-refractivity contribution in [3.05, 3.63) is 54.1 Å². The summed E-state index contributed by atoms with van der Waals surface area (Å²) in [6.07, 6.45) is 2.23. The average molecular weight is 339 g/mol. The molecular weight excluding hydrogens is 314 g/mol. The van der Waals surface area contributed by atoms with E-state index in [1.165, 1.54) is 0 Å². The summed E-state index contributed by atoms with van der Waals surface area (Å²) in [5.74, 6) is 1.12. The van der Waals surface area contributed by atoms with E-state index in [9.17, 15) is 9.90 Å². The van der Waals surface area contributed by atoms with Gasteiger partial charge in [-0.3, -0.25) is 4.79 Å². The molecule has 0 spiro atoms. The lowest BCUT2D eigenvalue weighted by atomic mass is 9.76. The molecule has 1 aliphatic rings. The molecule has 0 unspecified atom stereocenters. The number of amides is 1. The molecule has 0 radical (unpaired) electrons. The van der Waals surface area contributed by atoms with Gasteiger partial charge < -0.3 is 15.2 Å². The van der Waals surface area contributed by atoms with Gasteiger partial charge in [0.15, 0.2) is 0 Å². The number of nitrogens with one attached hydrogen (secondary N) is 1. The van der Waals surface area contributed by atoms with Crippen molar-refractivity contribution in [3.8, 4) is 16.9 Å². The van der Waals surface area contributed by atoms with Crippen LogP contribution in [-0.4, -0.2) is 30.3 Å². The SMILES string of the molecule is CC[C@H](NC(=O)c1cccc(-c2cccc(OC)c2)c1)C1CC(O)C1. The normalized spacial score (nSPS) is 20.4. The number of hydrogen-bond donors (Lipinski definition) is 2. The molecule has 132 valence electrons.